The summed E-state index contributed by atoms with van der Waals surface area (Å²) in [5.74, 6) is 0.338. The largest absolute Gasteiger partial charge is 0.419 e. The topological polar surface area (TPSA) is 90.0 Å². The van der Waals surface area contributed by atoms with Crippen LogP contribution in [0.1, 0.15) is 31.0 Å². The first-order chi connectivity index (χ1) is 12.8. The zero-order chi connectivity index (χ0) is 19.8. The number of rotatable bonds is 6. The number of hydrogen-bond donors (Lipinski definition) is 1. The molecule has 7 nitrogen and oxygen atoms in total. The predicted octanol–water partition coefficient (Wildman–Crippen LogP) is 3.68. The minimum Gasteiger partial charge on any atom is -0.419 e. The molecular weight excluding hydrogens is 371 g/mol. The summed E-state index contributed by atoms with van der Waals surface area (Å²) in [7, 11) is -3.89. The molecule has 0 atom stereocenters. The minimum absolute atomic E-state index is 0.153. The Bertz CT molecular complexity index is 1070. The van der Waals surface area contributed by atoms with E-state index in [1.165, 1.54) is 24.3 Å². The van der Waals surface area contributed by atoms with E-state index in [0.29, 0.717) is 35.8 Å². The molecule has 0 saturated heterocycles. The highest BCUT2D eigenvalue weighted by Crippen LogP contribution is 2.34. The van der Waals surface area contributed by atoms with Crippen LogP contribution in [0.3, 0.4) is 0 Å². The number of anilines is 1. The number of nitrogens with one attached hydrogen (secondary N) is 1. The van der Waals surface area contributed by atoms with Crippen molar-refractivity contribution in [2.24, 2.45) is 0 Å². The SMILES string of the molecule is CCc1nnc(-c2c(C)c(S(=O)(=O)Nc3ccc(F)cc3)c(C)n2CC)o1. The fourth-order valence-electron chi connectivity index (χ4n) is 3.16. The van der Waals surface area contributed by atoms with Crippen LogP contribution in [0.25, 0.3) is 11.6 Å². The minimum atomic E-state index is -3.89. The Balaban J connectivity index is 2.11. The van der Waals surface area contributed by atoms with Gasteiger partial charge in [-0.2, -0.15) is 0 Å². The van der Waals surface area contributed by atoms with E-state index in [4.69, 9.17) is 4.42 Å². The third kappa shape index (κ3) is 3.46. The number of benzene rings is 1. The molecule has 1 aromatic carbocycles. The van der Waals surface area contributed by atoms with Crippen LogP contribution in [0.4, 0.5) is 10.1 Å². The molecule has 0 aliphatic heterocycles. The first kappa shape index (κ1) is 19.1. The van der Waals surface area contributed by atoms with Gasteiger partial charge in [0.25, 0.3) is 15.9 Å². The van der Waals surface area contributed by atoms with Crippen LogP contribution in [0.15, 0.2) is 33.6 Å². The Morgan fingerprint density at radius 2 is 1.81 bits per heavy atom. The molecule has 0 spiro atoms. The molecule has 0 saturated carbocycles. The van der Waals surface area contributed by atoms with Crippen molar-refractivity contribution in [1.82, 2.24) is 14.8 Å². The van der Waals surface area contributed by atoms with Crippen LogP contribution < -0.4 is 4.72 Å². The molecule has 0 amide bonds. The van der Waals surface area contributed by atoms with E-state index in [9.17, 15) is 12.8 Å². The highest BCUT2D eigenvalue weighted by molar-refractivity contribution is 7.92. The second-order valence-corrected chi connectivity index (χ2v) is 7.72. The smallest absolute Gasteiger partial charge is 0.264 e. The number of aryl methyl sites for hydroxylation is 1. The van der Waals surface area contributed by atoms with Gasteiger partial charge in [0.15, 0.2) is 0 Å². The van der Waals surface area contributed by atoms with Gasteiger partial charge in [-0.1, -0.05) is 6.92 Å². The van der Waals surface area contributed by atoms with Crippen LogP contribution in [-0.2, 0) is 23.0 Å². The lowest BCUT2D eigenvalue weighted by molar-refractivity contribution is 0.507. The summed E-state index contributed by atoms with van der Waals surface area (Å²) in [6.07, 6.45) is 0.592. The molecule has 0 bridgehead atoms. The third-order valence-corrected chi connectivity index (χ3v) is 6.00. The summed E-state index contributed by atoms with van der Waals surface area (Å²) in [4.78, 5) is 0.153. The lowest BCUT2D eigenvalue weighted by Gasteiger charge is -2.09. The zero-order valence-electron chi connectivity index (χ0n) is 15.6. The van der Waals surface area contributed by atoms with E-state index in [2.05, 4.69) is 14.9 Å². The molecule has 27 heavy (non-hydrogen) atoms. The van der Waals surface area contributed by atoms with Crippen molar-refractivity contribution >= 4 is 15.7 Å². The Hall–Kier alpha value is -2.68. The van der Waals surface area contributed by atoms with Gasteiger partial charge in [-0.05, 0) is 45.0 Å². The van der Waals surface area contributed by atoms with E-state index in [1.807, 2.05) is 18.4 Å². The summed E-state index contributed by atoms with van der Waals surface area (Å²) in [5.41, 5.74) is 1.96. The second-order valence-electron chi connectivity index (χ2n) is 6.10. The highest BCUT2D eigenvalue weighted by Gasteiger charge is 2.29. The van der Waals surface area contributed by atoms with Crippen molar-refractivity contribution in [3.8, 4) is 11.6 Å². The van der Waals surface area contributed by atoms with Gasteiger partial charge in [0, 0.05) is 29.9 Å². The lowest BCUT2D eigenvalue weighted by atomic mass is 10.2. The molecule has 0 aliphatic carbocycles. The lowest BCUT2D eigenvalue weighted by Crippen LogP contribution is -2.15. The van der Waals surface area contributed by atoms with Gasteiger partial charge in [-0.3, -0.25) is 4.72 Å². The monoisotopic (exact) mass is 392 g/mol. The van der Waals surface area contributed by atoms with Crippen LogP contribution >= 0.6 is 0 Å². The van der Waals surface area contributed by atoms with Crippen molar-refractivity contribution < 1.29 is 17.2 Å². The van der Waals surface area contributed by atoms with Gasteiger partial charge in [-0.15, -0.1) is 10.2 Å². The number of nitrogens with zero attached hydrogens (tertiary/aromatic N) is 3. The van der Waals surface area contributed by atoms with E-state index in [1.54, 1.807) is 13.8 Å². The number of halogens is 1. The van der Waals surface area contributed by atoms with Crippen molar-refractivity contribution in [2.45, 2.75) is 45.6 Å². The Labute approximate surface area is 157 Å². The predicted molar refractivity (Wildman–Crippen MR) is 99.5 cm³/mol. The molecule has 0 unspecified atom stereocenters. The van der Waals surface area contributed by atoms with Gasteiger partial charge in [0.2, 0.25) is 5.89 Å². The zero-order valence-corrected chi connectivity index (χ0v) is 16.4. The van der Waals surface area contributed by atoms with Crippen LogP contribution in [0.2, 0.25) is 0 Å². The fourth-order valence-corrected chi connectivity index (χ4v) is 4.70. The number of hydrogen-bond acceptors (Lipinski definition) is 5. The summed E-state index contributed by atoms with van der Waals surface area (Å²) < 4.78 is 49.1. The maximum Gasteiger partial charge on any atom is 0.264 e. The van der Waals surface area contributed by atoms with Crippen LogP contribution in [-0.4, -0.2) is 23.2 Å². The molecule has 3 aromatic rings. The van der Waals surface area contributed by atoms with Crippen molar-refractivity contribution in [1.29, 1.82) is 0 Å². The average Bonchev–Trinajstić information content (AvgIpc) is 3.18. The van der Waals surface area contributed by atoms with E-state index >= 15 is 0 Å². The Morgan fingerprint density at radius 1 is 1.15 bits per heavy atom. The fraction of sp³-hybridized carbons (Fsp3) is 0.333. The Morgan fingerprint density at radius 3 is 2.37 bits per heavy atom. The second kappa shape index (κ2) is 7.15. The van der Waals surface area contributed by atoms with E-state index in [-0.39, 0.29) is 16.5 Å². The van der Waals surface area contributed by atoms with Crippen molar-refractivity contribution in [2.75, 3.05) is 4.72 Å². The molecule has 0 radical (unpaired) electrons. The van der Waals surface area contributed by atoms with Gasteiger partial charge in [-0.25, -0.2) is 12.8 Å². The first-order valence-corrected chi connectivity index (χ1v) is 10.1. The summed E-state index contributed by atoms with van der Waals surface area (Å²) in [6, 6.07) is 5.15. The summed E-state index contributed by atoms with van der Waals surface area (Å²) in [5, 5.41) is 8.04. The third-order valence-electron chi connectivity index (χ3n) is 4.35. The maximum absolute atomic E-state index is 13.1. The standard InChI is InChI=1S/C18H21FN4O3S/c1-5-15-20-21-18(26-15)16-11(3)17(12(4)23(16)6-2)27(24,25)22-14-9-7-13(19)8-10-14/h7-10,22H,5-6H2,1-4H3. The van der Waals surface area contributed by atoms with Crippen molar-refractivity contribution in [3.63, 3.8) is 0 Å². The van der Waals surface area contributed by atoms with Crippen molar-refractivity contribution in [3.05, 3.63) is 47.2 Å². The van der Waals surface area contributed by atoms with E-state index in [0.717, 1.165) is 0 Å². The molecule has 2 heterocycles. The molecule has 9 heteroatoms. The number of sulfonamides is 1. The molecule has 0 fully saturated rings. The molecule has 1 N–H and O–H groups in total. The maximum atomic E-state index is 13.1. The number of aromatic nitrogens is 3. The van der Waals surface area contributed by atoms with Gasteiger partial charge < -0.3 is 8.98 Å². The molecule has 0 aliphatic rings. The normalized spacial score (nSPS) is 11.7. The van der Waals surface area contributed by atoms with E-state index < -0.39 is 15.8 Å². The van der Waals surface area contributed by atoms with Gasteiger partial charge in [0.05, 0.1) is 0 Å². The Kier molecular flexibility index (Phi) is 5.05. The molecular formula is C18H21FN4O3S. The van der Waals surface area contributed by atoms with Crippen LogP contribution in [0, 0.1) is 19.7 Å². The highest BCUT2D eigenvalue weighted by atomic mass is 32.2. The molecule has 2 aromatic heterocycles. The van der Waals surface area contributed by atoms with Gasteiger partial charge in [0.1, 0.15) is 16.4 Å². The first-order valence-electron chi connectivity index (χ1n) is 8.59. The van der Waals surface area contributed by atoms with Crippen LogP contribution in [0.5, 0.6) is 0 Å². The summed E-state index contributed by atoms with van der Waals surface area (Å²) >= 11 is 0. The quantitative estimate of drug-likeness (QED) is 0.691. The molecule has 3 rings (SSSR count). The molecule has 144 valence electrons. The average molecular weight is 392 g/mol. The summed E-state index contributed by atoms with van der Waals surface area (Å²) in [6.45, 7) is 7.80. The van der Waals surface area contributed by atoms with Gasteiger partial charge >= 0.3 is 0 Å².